The first-order chi connectivity index (χ1) is 12.8. The lowest BCUT2D eigenvalue weighted by atomic mass is 10.1. The van der Waals surface area contributed by atoms with E-state index in [1.54, 1.807) is 13.8 Å². The van der Waals surface area contributed by atoms with Gasteiger partial charge in [0.25, 0.3) is 5.91 Å². The van der Waals surface area contributed by atoms with Gasteiger partial charge in [-0.15, -0.1) is 0 Å². The summed E-state index contributed by atoms with van der Waals surface area (Å²) in [5, 5.41) is 2.66. The van der Waals surface area contributed by atoms with E-state index in [-0.39, 0.29) is 16.4 Å². The molecule has 2 aromatic carbocycles. The predicted molar refractivity (Wildman–Crippen MR) is 106 cm³/mol. The van der Waals surface area contributed by atoms with Gasteiger partial charge < -0.3 is 10.1 Å². The van der Waals surface area contributed by atoms with Gasteiger partial charge in [-0.3, -0.25) is 4.79 Å². The molecule has 2 aromatic rings. The number of hydrogen-bond donors (Lipinski definition) is 2. The third-order valence-electron chi connectivity index (χ3n) is 4.28. The lowest BCUT2D eigenvalue weighted by Crippen LogP contribution is -2.28. The Bertz CT molecular complexity index is 893. The number of methoxy groups -OCH3 is 1. The number of benzene rings is 2. The summed E-state index contributed by atoms with van der Waals surface area (Å²) in [6.45, 7) is 6.07. The fourth-order valence-corrected chi connectivity index (χ4v) is 3.96. The van der Waals surface area contributed by atoms with Crippen LogP contribution in [-0.2, 0) is 16.4 Å². The summed E-state index contributed by atoms with van der Waals surface area (Å²) in [5.74, 6) is -0.0577. The van der Waals surface area contributed by atoms with E-state index in [1.807, 2.05) is 24.3 Å². The zero-order valence-electron chi connectivity index (χ0n) is 16.1. The Morgan fingerprint density at radius 2 is 1.78 bits per heavy atom. The van der Waals surface area contributed by atoms with Gasteiger partial charge in [0.05, 0.1) is 17.6 Å². The van der Waals surface area contributed by atoms with Gasteiger partial charge in [0.1, 0.15) is 5.75 Å². The van der Waals surface area contributed by atoms with E-state index in [4.69, 9.17) is 4.74 Å². The van der Waals surface area contributed by atoms with Gasteiger partial charge in [-0.25, -0.2) is 13.1 Å². The van der Waals surface area contributed by atoms with Gasteiger partial charge in [-0.1, -0.05) is 31.2 Å². The van der Waals surface area contributed by atoms with E-state index in [0.717, 1.165) is 12.0 Å². The lowest BCUT2D eigenvalue weighted by molar-refractivity contribution is 0.0952. The van der Waals surface area contributed by atoms with Crippen molar-refractivity contribution in [2.24, 2.45) is 0 Å². The van der Waals surface area contributed by atoms with E-state index in [9.17, 15) is 13.2 Å². The molecule has 146 valence electrons. The second-order valence-corrected chi connectivity index (χ2v) is 7.87. The summed E-state index contributed by atoms with van der Waals surface area (Å²) in [6, 6.07) is 11.6. The fourth-order valence-electron chi connectivity index (χ4n) is 2.70. The predicted octanol–water partition coefficient (Wildman–Crippen LogP) is 3.05. The molecule has 0 aliphatic rings. The molecule has 0 aliphatic carbocycles. The van der Waals surface area contributed by atoms with Crippen LogP contribution in [0.1, 0.15) is 48.3 Å². The minimum absolute atomic E-state index is 0.0154. The number of ether oxygens (including phenoxy) is 1. The number of carbonyl (C=O) groups excluding carboxylic acids is 1. The van der Waals surface area contributed by atoms with Crippen molar-refractivity contribution in [2.75, 3.05) is 13.7 Å². The average molecular weight is 391 g/mol. The zero-order chi connectivity index (χ0) is 20.0. The second kappa shape index (κ2) is 9.01. The molecule has 27 heavy (non-hydrogen) atoms. The molecule has 6 nitrogen and oxygen atoms in total. The molecule has 2 rings (SSSR count). The summed E-state index contributed by atoms with van der Waals surface area (Å²) in [5.41, 5.74) is 2.24. The Balaban J connectivity index is 2.29. The summed E-state index contributed by atoms with van der Waals surface area (Å²) in [6.07, 6.45) is 0.925. The molecule has 7 heteroatoms. The number of carbonyl (C=O) groups is 1. The Kier molecular flexibility index (Phi) is 6.98. The summed E-state index contributed by atoms with van der Waals surface area (Å²) >= 11 is 0. The topological polar surface area (TPSA) is 84.5 Å². The Morgan fingerprint density at radius 1 is 1.11 bits per heavy atom. The highest BCUT2D eigenvalue weighted by molar-refractivity contribution is 7.89. The van der Waals surface area contributed by atoms with Crippen molar-refractivity contribution in [3.8, 4) is 5.75 Å². The van der Waals surface area contributed by atoms with Crippen molar-refractivity contribution >= 4 is 15.9 Å². The monoisotopic (exact) mass is 390 g/mol. The first-order valence-corrected chi connectivity index (χ1v) is 10.4. The molecular formula is C20H26N2O4S. The van der Waals surface area contributed by atoms with Crippen LogP contribution in [0.5, 0.6) is 5.75 Å². The Hall–Kier alpha value is -2.38. The Labute approximate surface area is 161 Å². The normalized spacial score (nSPS) is 12.4. The second-order valence-electron chi connectivity index (χ2n) is 6.16. The van der Waals surface area contributed by atoms with Gasteiger partial charge >= 0.3 is 0 Å². The highest BCUT2D eigenvalue weighted by atomic mass is 32.2. The van der Waals surface area contributed by atoms with Crippen molar-refractivity contribution < 1.29 is 17.9 Å². The number of nitrogens with one attached hydrogen (secondary N) is 2. The summed E-state index contributed by atoms with van der Waals surface area (Å²) in [7, 11) is -2.37. The van der Waals surface area contributed by atoms with Gasteiger partial charge in [0.2, 0.25) is 10.0 Å². The first kappa shape index (κ1) is 20.9. The molecule has 1 amide bonds. The van der Waals surface area contributed by atoms with Crippen molar-refractivity contribution in [1.29, 1.82) is 0 Å². The van der Waals surface area contributed by atoms with Crippen molar-refractivity contribution in [1.82, 2.24) is 10.0 Å². The first-order valence-electron chi connectivity index (χ1n) is 8.89. The highest BCUT2D eigenvalue weighted by Gasteiger charge is 2.22. The van der Waals surface area contributed by atoms with Crippen LogP contribution in [-0.4, -0.2) is 28.0 Å². The average Bonchev–Trinajstić information content (AvgIpc) is 2.67. The standard InChI is InChI=1S/C20H26N2O4S/c1-5-15-7-9-16(10-8-15)14(3)22-27(24,25)17-11-12-19(26-4)18(13-17)20(23)21-6-2/h7-14,22H,5-6H2,1-4H3,(H,21,23). The number of sulfonamides is 1. The fraction of sp³-hybridized carbons (Fsp3) is 0.350. The maximum absolute atomic E-state index is 12.8. The molecule has 0 saturated carbocycles. The molecule has 0 saturated heterocycles. The van der Waals surface area contributed by atoms with Crippen molar-refractivity contribution in [2.45, 2.75) is 38.1 Å². The van der Waals surface area contributed by atoms with E-state index in [2.05, 4.69) is 17.0 Å². The molecule has 0 radical (unpaired) electrons. The maximum Gasteiger partial charge on any atom is 0.255 e. The molecule has 0 aliphatic heterocycles. The van der Waals surface area contributed by atoms with Crippen molar-refractivity contribution in [3.05, 3.63) is 59.2 Å². The van der Waals surface area contributed by atoms with Crippen LogP contribution in [0.2, 0.25) is 0 Å². The zero-order valence-corrected chi connectivity index (χ0v) is 16.9. The SMILES string of the molecule is CCNC(=O)c1cc(S(=O)(=O)NC(C)c2ccc(CC)cc2)ccc1OC. The lowest BCUT2D eigenvalue weighted by Gasteiger charge is -2.16. The van der Waals surface area contributed by atoms with Crippen molar-refractivity contribution in [3.63, 3.8) is 0 Å². The van der Waals surface area contributed by atoms with Crippen LogP contribution in [0.3, 0.4) is 0 Å². The molecule has 0 bridgehead atoms. The van der Waals surface area contributed by atoms with E-state index in [1.165, 1.54) is 30.9 Å². The van der Waals surface area contributed by atoms with Gasteiger partial charge in [0, 0.05) is 12.6 Å². The van der Waals surface area contributed by atoms with Crippen LogP contribution in [0.4, 0.5) is 0 Å². The van der Waals surface area contributed by atoms with Crippen LogP contribution < -0.4 is 14.8 Å². The van der Waals surface area contributed by atoms with Crippen LogP contribution in [0, 0.1) is 0 Å². The molecule has 1 unspecified atom stereocenters. The highest BCUT2D eigenvalue weighted by Crippen LogP contribution is 2.24. The van der Waals surface area contributed by atoms with Gasteiger partial charge in [0.15, 0.2) is 0 Å². The third kappa shape index (κ3) is 5.08. The molecule has 2 N–H and O–H groups in total. The number of amides is 1. The molecule has 0 heterocycles. The van der Waals surface area contributed by atoms with Crippen LogP contribution in [0.25, 0.3) is 0 Å². The number of aryl methyl sites for hydroxylation is 1. The van der Waals surface area contributed by atoms with Crippen LogP contribution in [0.15, 0.2) is 47.4 Å². The minimum Gasteiger partial charge on any atom is -0.496 e. The van der Waals surface area contributed by atoms with Gasteiger partial charge in [-0.2, -0.15) is 0 Å². The molecule has 0 fully saturated rings. The summed E-state index contributed by atoms with van der Waals surface area (Å²) < 4.78 is 33.4. The van der Waals surface area contributed by atoms with Gasteiger partial charge in [-0.05, 0) is 49.6 Å². The third-order valence-corrected chi connectivity index (χ3v) is 5.82. The Morgan fingerprint density at radius 3 is 2.33 bits per heavy atom. The number of hydrogen-bond acceptors (Lipinski definition) is 4. The quantitative estimate of drug-likeness (QED) is 0.726. The summed E-state index contributed by atoms with van der Waals surface area (Å²) in [4.78, 5) is 12.2. The van der Waals surface area contributed by atoms with E-state index in [0.29, 0.717) is 12.3 Å². The molecular weight excluding hydrogens is 364 g/mol. The number of rotatable bonds is 8. The van der Waals surface area contributed by atoms with E-state index >= 15 is 0 Å². The van der Waals surface area contributed by atoms with E-state index < -0.39 is 16.1 Å². The molecule has 1 atom stereocenters. The molecule has 0 aromatic heterocycles. The minimum atomic E-state index is -3.80. The maximum atomic E-state index is 12.8. The van der Waals surface area contributed by atoms with Crippen LogP contribution >= 0.6 is 0 Å². The molecule has 0 spiro atoms. The largest absolute Gasteiger partial charge is 0.496 e. The smallest absolute Gasteiger partial charge is 0.255 e.